The highest BCUT2D eigenvalue weighted by atomic mass is 16.4. The van der Waals surface area contributed by atoms with Crippen molar-refractivity contribution in [2.75, 3.05) is 6.54 Å². The molecule has 1 fully saturated rings. The zero-order chi connectivity index (χ0) is 12.0. The van der Waals surface area contributed by atoms with Gasteiger partial charge in [-0.15, -0.1) is 6.42 Å². The standard InChI is InChI=1S/C12H17NO3/c1-2-8-13(9-14)11(12(15)16)10-6-4-3-5-7-10/h1,9-11H,3-8H2,(H,15,16). The van der Waals surface area contributed by atoms with E-state index >= 15 is 0 Å². The van der Waals surface area contributed by atoms with Gasteiger partial charge in [0.2, 0.25) is 6.41 Å². The lowest BCUT2D eigenvalue weighted by Gasteiger charge is -2.32. The normalized spacial score (nSPS) is 18.4. The molecule has 1 saturated carbocycles. The molecule has 4 nitrogen and oxygen atoms in total. The van der Waals surface area contributed by atoms with Crippen molar-refractivity contribution in [2.24, 2.45) is 5.92 Å². The minimum absolute atomic E-state index is 0.0461. The molecule has 1 unspecified atom stereocenters. The second-order valence-corrected chi connectivity index (χ2v) is 4.16. The third kappa shape index (κ3) is 2.99. The molecular formula is C12H17NO3. The molecule has 88 valence electrons. The van der Waals surface area contributed by atoms with E-state index in [1.165, 1.54) is 4.90 Å². The molecule has 1 atom stereocenters. The maximum absolute atomic E-state index is 11.2. The largest absolute Gasteiger partial charge is 0.480 e. The summed E-state index contributed by atoms with van der Waals surface area (Å²) in [5, 5.41) is 9.18. The van der Waals surface area contributed by atoms with Crippen molar-refractivity contribution in [3.05, 3.63) is 0 Å². The van der Waals surface area contributed by atoms with Crippen molar-refractivity contribution >= 4 is 12.4 Å². The number of carboxylic acid groups (broad SMARTS) is 1. The van der Waals surface area contributed by atoms with E-state index in [2.05, 4.69) is 5.92 Å². The van der Waals surface area contributed by atoms with Gasteiger partial charge in [0.05, 0.1) is 6.54 Å². The summed E-state index contributed by atoms with van der Waals surface area (Å²) in [6.45, 7) is 0.0664. The van der Waals surface area contributed by atoms with Gasteiger partial charge in [-0.25, -0.2) is 4.79 Å². The SMILES string of the molecule is C#CCN(C=O)C(C(=O)O)C1CCCCC1. The van der Waals surface area contributed by atoms with Crippen LogP contribution < -0.4 is 0 Å². The van der Waals surface area contributed by atoms with Crippen LogP contribution in [0, 0.1) is 18.3 Å². The average molecular weight is 223 g/mol. The van der Waals surface area contributed by atoms with Gasteiger partial charge in [0.1, 0.15) is 6.04 Å². The smallest absolute Gasteiger partial charge is 0.326 e. The third-order valence-electron chi connectivity index (χ3n) is 3.12. The first kappa shape index (κ1) is 12.6. The van der Waals surface area contributed by atoms with Crippen LogP contribution in [-0.2, 0) is 9.59 Å². The Kier molecular flexibility index (Phi) is 4.84. The Labute approximate surface area is 95.6 Å². The molecular weight excluding hydrogens is 206 g/mol. The summed E-state index contributed by atoms with van der Waals surface area (Å²) in [5.41, 5.74) is 0. The van der Waals surface area contributed by atoms with Crippen molar-refractivity contribution in [3.63, 3.8) is 0 Å². The molecule has 0 aromatic carbocycles. The number of terminal acetylenes is 1. The number of hydrogen-bond acceptors (Lipinski definition) is 2. The van der Waals surface area contributed by atoms with E-state index in [1.807, 2.05) is 0 Å². The quantitative estimate of drug-likeness (QED) is 0.561. The van der Waals surface area contributed by atoms with Crippen LogP contribution >= 0.6 is 0 Å². The highest BCUT2D eigenvalue weighted by Gasteiger charge is 2.33. The van der Waals surface area contributed by atoms with E-state index in [-0.39, 0.29) is 12.5 Å². The molecule has 1 amide bonds. The van der Waals surface area contributed by atoms with Crippen molar-refractivity contribution in [1.82, 2.24) is 4.90 Å². The predicted molar refractivity (Wildman–Crippen MR) is 59.6 cm³/mol. The van der Waals surface area contributed by atoms with Gasteiger partial charge in [-0.1, -0.05) is 25.2 Å². The first-order valence-electron chi connectivity index (χ1n) is 5.58. The summed E-state index contributed by atoms with van der Waals surface area (Å²) >= 11 is 0. The molecule has 0 saturated heterocycles. The zero-order valence-corrected chi connectivity index (χ0v) is 9.26. The van der Waals surface area contributed by atoms with Gasteiger partial charge in [-0.2, -0.15) is 0 Å². The Balaban J connectivity index is 2.75. The fourth-order valence-electron chi connectivity index (χ4n) is 2.37. The minimum atomic E-state index is -0.950. The van der Waals surface area contributed by atoms with Crippen molar-refractivity contribution in [2.45, 2.75) is 38.1 Å². The summed E-state index contributed by atoms with van der Waals surface area (Å²) in [4.78, 5) is 23.3. The topological polar surface area (TPSA) is 57.6 Å². The summed E-state index contributed by atoms with van der Waals surface area (Å²) in [6, 6.07) is -0.756. The monoisotopic (exact) mass is 223 g/mol. The van der Waals surface area contributed by atoms with E-state index < -0.39 is 12.0 Å². The molecule has 0 aromatic rings. The lowest BCUT2D eigenvalue weighted by Crippen LogP contribution is -2.46. The molecule has 0 spiro atoms. The number of carbonyl (C=O) groups excluding carboxylic acids is 1. The van der Waals surface area contributed by atoms with Crippen LogP contribution in [0.2, 0.25) is 0 Å². The number of carbonyl (C=O) groups is 2. The number of carboxylic acids is 1. The first-order valence-corrected chi connectivity index (χ1v) is 5.58. The average Bonchev–Trinajstić information content (AvgIpc) is 2.29. The Morgan fingerprint density at radius 3 is 2.56 bits per heavy atom. The van der Waals surface area contributed by atoms with Crippen molar-refractivity contribution in [3.8, 4) is 12.3 Å². The molecule has 1 rings (SSSR count). The molecule has 0 aromatic heterocycles. The van der Waals surface area contributed by atoms with Gasteiger partial charge in [-0.05, 0) is 18.8 Å². The molecule has 16 heavy (non-hydrogen) atoms. The molecule has 0 bridgehead atoms. The van der Waals surface area contributed by atoms with E-state index in [9.17, 15) is 14.7 Å². The second-order valence-electron chi connectivity index (χ2n) is 4.16. The highest BCUT2D eigenvalue weighted by Crippen LogP contribution is 2.28. The second kappa shape index (κ2) is 6.16. The van der Waals surface area contributed by atoms with E-state index in [4.69, 9.17) is 6.42 Å². The lowest BCUT2D eigenvalue weighted by molar-refractivity contribution is -0.149. The number of rotatable bonds is 5. The Morgan fingerprint density at radius 1 is 1.50 bits per heavy atom. The van der Waals surface area contributed by atoms with Gasteiger partial charge in [0.25, 0.3) is 0 Å². The molecule has 1 aliphatic carbocycles. The lowest BCUT2D eigenvalue weighted by atomic mass is 9.83. The molecule has 0 heterocycles. The maximum Gasteiger partial charge on any atom is 0.326 e. The van der Waals surface area contributed by atoms with Crippen LogP contribution in [-0.4, -0.2) is 35.0 Å². The van der Waals surface area contributed by atoms with Crippen LogP contribution in [0.3, 0.4) is 0 Å². The summed E-state index contributed by atoms with van der Waals surface area (Å²) < 4.78 is 0. The molecule has 4 heteroatoms. The van der Waals surface area contributed by atoms with Gasteiger partial charge in [-0.3, -0.25) is 4.79 Å². The molecule has 0 aliphatic heterocycles. The van der Waals surface area contributed by atoms with Gasteiger partial charge in [0.15, 0.2) is 0 Å². The Bertz CT molecular complexity index is 289. The summed E-state index contributed by atoms with van der Waals surface area (Å²) in [7, 11) is 0. The molecule has 0 radical (unpaired) electrons. The first-order chi connectivity index (χ1) is 7.70. The van der Waals surface area contributed by atoms with E-state index in [0.717, 1.165) is 32.1 Å². The van der Waals surface area contributed by atoms with Gasteiger partial charge >= 0.3 is 5.97 Å². The third-order valence-corrected chi connectivity index (χ3v) is 3.12. The van der Waals surface area contributed by atoms with Gasteiger partial charge in [0, 0.05) is 0 Å². The summed E-state index contributed by atoms with van der Waals surface area (Å²) in [6.07, 6.45) is 10.6. The fraction of sp³-hybridized carbons (Fsp3) is 0.667. The molecule has 1 aliphatic rings. The van der Waals surface area contributed by atoms with E-state index in [1.54, 1.807) is 0 Å². The fourth-order valence-corrected chi connectivity index (χ4v) is 2.37. The van der Waals surface area contributed by atoms with Crippen molar-refractivity contribution in [1.29, 1.82) is 0 Å². The minimum Gasteiger partial charge on any atom is -0.480 e. The van der Waals surface area contributed by atoms with Crippen LogP contribution in [0.4, 0.5) is 0 Å². The number of hydrogen-bond donors (Lipinski definition) is 1. The summed E-state index contributed by atoms with van der Waals surface area (Å²) in [5.74, 6) is 1.42. The van der Waals surface area contributed by atoms with Crippen LogP contribution in [0.1, 0.15) is 32.1 Å². The number of nitrogens with zero attached hydrogens (tertiary/aromatic N) is 1. The Hall–Kier alpha value is -1.50. The number of amides is 1. The van der Waals surface area contributed by atoms with E-state index in [0.29, 0.717) is 6.41 Å². The van der Waals surface area contributed by atoms with Crippen molar-refractivity contribution < 1.29 is 14.7 Å². The maximum atomic E-state index is 11.2. The highest BCUT2D eigenvalue weighted by molar-refractivity contribution is 5.76. The van der Waals surface area contributed by atoms with Crippen LogP contribution in [0.25, 0.3) is 0 Å². The predicted octanol–water partition coefficient (Wildman–Crippen LogP) is 1.11. The number of aliphatic carboxylic acids is 1. The zero-order valence-electron chi connectivity index (χ0n) is 9.26. The van der Waals surface area contributed by atoms with Crippen LogP contribution in [0.5, 0.6) is 0 Å². The molecule has 1 N–H and O–H groups in total. The van der Waals surface area contributed by atoms with Gasteiger partial charge < -0.3 is 10.0 Å². The van der Waals surface area contributed by atoms with Crippen LogP contribution in [0.15, 0.2) is 0 Å². The Morgan fingerprint density at radius 2 is 2.12 bits per heavy atom.